The molecule has 1 atom stereocenters. The summed E-state index contributed by atoms with van der Waals surface area (Å²) >= 11 is 1.60. The van der Waals surface area contributed by atoms with Gasteiger partial charge in [0.2, 0.25) is 11.0 Å². The lowest BCUT2D eigenvalue weighted by atomic mass is 10.0. The van der Waals surface area contributed by atoms with Gasteiger partial charge in [-0.05, 0) is 44.0 Å². The van der Waals surface area contributed by atoms with Gasteiger partial charge >= 0.3 is 0 Å². The van der Waals surface area contributed by atoms with Crippen molar-refractivity contribution < 1.29 is 18.7 Å². The van der Waals surface area contributed by atoms with Gasteiger partial charge in [0.25, 0.3) is 0 Å². The molecule has 0 N–H and O–H groups in total. The summed E-state index contributed by atoms with van der Waals surface area (Å²) in [5.74, 6) is 0.324. The smallest absolute Gasteiger partial charge is 0.248 e. The van der Waals surface area contributed by atoms with Crippen LogP contribution in [0.4, 0.5) is 9.52 Å². The summed E-state index contributed by atoms with van der Waals surface area (Å²) in [6.07, 6.45) is 1.61. The molecule has 2 fully saturated rings. The van der Waals surface area contributed by atoms with Crippen molar-refractivity contribution in [1.29, 1.82) is 0 Å². The number of halogens is 1. The molecule has 2 aromatic rings. The number of ether oxygens (including phenoxy) is 2. The minimum absolute atomic E-state index is 0.0308. The molecule has 0 saturated carbocycles. The Morgan fingerprint density at radius 3 is 2.68 bits per heavy atom. The van der Waals surface area contributed by atoms with Crippen molar-refractivity contribution in [2.45, 2.75) is 31.9 Å². The maximum absolute atomic E-state index is 13.0. The van der Waals surface area contributed by atoms with Gasteiger partial charge in [0, 0.05) is 19.1 Å². The zero-order valence-electron chi connectivity index (χ0n) is 15.7. The van der Waals surface area contributed by atoms with Crippen LogP contribution in [0.3, 0.4) is 0 Å². The van der Waals surface area contributed by atoms with Crippen LogP contribution in [0, 0.1) is 12.7 Å². The number of anilines is 1. The van der Waals surface area contributed by atoms with Crippen molar-refractivity contribution >= 4 is 22.4 Å². The summed E-state index contributed by atoms with van der Waals surface area (Å²) in [7, 11) is 0. The van der Waals surface area contributed by atoms with Crippen LogP contribution in [-0.2, 0) is 9.53 Å². The van der Waals surface area contributed by atoms with Crippen LogP contribution in [0.1, 0.15) is 17.8 Å². The van der Waals surface area contributed by atoms with E-state index in [1.807, 2.05) is 11.8 Å². The maximum atomic E-state index is 13.0. The number of piperidine rings is 1. The number of carbonyl (C=O) groups excluding carboxylic acids is 1. The maximum Gasteiger partial charge on any atom is 0.248 e. The normalized spacial score (nSPS) is 21.2. The predicted molar refractivity (Wildman–Crippen MR) is 103 cm³/mol. The van der Waals surface area contributed by atoms with Gasteiger partial charge in [-0.1, -0.05) is 11.3 Å². The fraction of sp³-hybridized carbons (Fsp3) is 0.526. The monoisotopic (exact) mass is 406 g/mol. The van der Waals surface area contributed by atoms with E-state index in [2.05, 4.69) is 15.1 Å². The van der Waals surface area contributed by atoms with E-state index in [1.54, 1.807) is 23.5 Å². The number of benzene rings is 1. The average molecular weight is 406 g/mol. The molecule has 9 heteroatoms. The Morgan fingerprint density at radius 1 is 1.25 bits per heavy atom. The van der Waals surface area contributed by atoms with E-state index >= 15 is 0 Å². The van der Waals surface area contributed by atoms with E-state index in [0.29, 0.717) is 18.9 Å². The third-order valence-corrected chi connectivity index (χ3v) is 6.00. The van der Waals surface area contributed by atoms with E-state index in [1.165, 1.54) is 12.1 Å². The van der Waals surface area contributed by atoms with E-state index in [-0.39, 0.29) is 30.5 Å². The predicted octanol–water partition coefficient (Wildman–Crippen LogP) is 2.26. The Balaban J connectivity index is 1.30. The first-order chi connectivity index (χ1) is 13.6. The second kappa shape index (κ2) is 8.40. The molecule has 1 aromatic heterocycles. The van der Waals surface area contributed by atoms with Crippen LogP contribution in [0.15, 0.2) is 24.3 Å². The lowest BCUT2D eigenvalue weighted by molar-refractivity contribution is -0.154. The lowest BCUT2D eigenvalue weighted by Crippen LogP contribution is -2.55. The van der Waals surface area contributed by atoms with Crippen LogP contribution in [-0.4, -0.2) is 66.0 Å². The van der Waals surface area contributed by atoms with Crippen molar-refractivity contribution in [2.24, 2.45) is 0 Å². The second-order valence-corrected chi connectivity index (χ2v) is 8.23. The minimum Gasteiger partial charge on any atom is -0.491 e. The molecule has 7 nitrogen and oxygen atoms in total. The molecule has 2 aliphatic heterocycles. The lowest BCUT2D eigenvalue weighted by Gasteiger charge is -2.42. The highest BCUT2D eigenvalue weighted by molar-refractivity contribution is 7.15. The molecule has 1 aromatic carbocycles. The first-order valence-corrected chi connectivity index (χ1v) is 10.2. The second-order valence-electron chi connectivity index (χ2n) is 7.07. The number of carbonyl (C=O) groups is 1. The molecular weight excluding hydrogens is 383 g/mol. The molecule has 0 aliphatic carbocycles. The van der Waals surface area contributed by atoms with Gasteiger partial charge < -0.3 is 19.3 Å². The van der Waals surface area contributed by atoms with Gasteiger partial charge in [0.15, 0.2) is 0 Å². The summed E-state index contributed by atoms with van der Waals surface area (Å²) in [6, 6.07) is 6.10. The van der Waals surface area contributed by atoms with Gasteiger partial charge in [0.1, 0.15) is 35.9 Å². The van der Waals surface area contributed by atoms with Crippen molar-refractivity contribution in [3.05, 3.63) is 35.1 Å². The highest BCUT2D eigenvalue weighted by Crippen LogP contribution is 2.26. The van der Waals surface area contributed by atoms with Crippen LogP contribution in [0.2, 0.25) is 0 Å². The number of nitrogens with zero attached hydrogens (tertiary/aromatic N) is 4. The SMILES string of the molecule is Cc1nnc(N2CCC(N3CC(COc4ccc(F)cc4)OCC3=O)CC2)s1. The zero-order chi connectivity index (χ0) is 19.5. The molecule has 3 heterocycles. The quantitative estimate of drug-likeness (QED) is 0.759. The first kappa shape index (κ1) is 19.1. The van der Waals surface area contributed by atoms with E-state index < -0.39 is 0 Å². The van der Waals surface area contributed by atoms with Crippen LogP contribution < -0.4 is 9.64 Å². The number of aryl methyl sites for hydroxylation is 1. The largest absolute Gasteiger partial charge is 0.491 e. The molecule has 0 radical (unpaired) electrons. The zero-order valence-corrected chi connectivity index (χ0v) is 16.5. The van der Waals surface area contributed by atoms with E-state index in [4.69, 9.17) is 9.47 Å². The van der Waals surface area contributed by atoms with Crippen molar-refractivity contribution in [3.8, 4) is 5.75 Å². The molecule has 4 rings (SSSR count). The third-order valence-electron chi connectivity index (χ3n) is 5.10. The molecule has 0 bridgehead atoms. The molecule has 2 saturated heterocycles. The van der Waals surface area contributed by atoms with Gasteiger partial charge in [-0.2, -0.15) is 0 Å². The summed E-state index contributed by atoms with van der Waals surface area (Å²) in [5, 5.41) is 10.2. The Labute approximate surface area is 167 Å². The van der Waals surface area contributed by atoms with Gasteiger partial charge in [-0.25, -0.2) is 4.39 Å². The first-order valence-electron chi connectivity index (χ1n) is 9.43. The fourth-order valence-corrected chi connectivity index (χ4v) is 4.34. The topological polar surface area (TPSA) is 67.8 Å². The Hall–Kier alpha value is -2.26. The molecule has 0 spiro atoms. The van der Waals surface area contributed by atoms with Crippen molar-refractivity contribution in [2.75, 3.05) is 37.7 Å². The van der Waals surface area contributed by atoms with Crippen LogP contribution >= 0.6 is 11.3 Å². The Morgan fingerprint density at radius 2 is 2.00 bits per heavy atom. The molecule has 1 amide bonds. The molecule has 28 heavy (non-hydrogen) atoms. The molecule has 1 unspecified atom stereocenters. The van der Waals surface area contributed by atoms with Gasteiger partial charge in [-0.15, -0.1) is 10.2 Å². The molecule has 150 valence electrons. The van der Waals surface area contributed by atoms with E-state index in [0.717, 1.165) is 36.1 Å². The summed E-state index contributed by atoms with van der Waals surface area (Å²) < 4.78 is 24.3. The summed E-state index contributed by atoms with van der Waals surface area (Å²) in [5.41, 5.74) is 0. The number of amides is 1. The summed E-state index contributed by atoms with van der Waals surface area (Å²) in [4.78, 5) is 16.6. The highest BCUT2D eigenvalue weighted by atomic mass is 32.1. The number of hydrogen-bond donors (Lipinski definition) is 0. The molecule has 2 aliphatic rings. The third kappa shape index (κ3) is 4.41. The van der Waals surface area contributed by atoms with Gasteiger partial charge in [-0.3, -0.25) is 4.79 Å². The Kier molecular flexibility index (Phi) is 5.72. The molecular formula is C19H23FN4O3S. The average Bonchev–Trinajstić information content (AvgIpc) is 3.15. The fourth-order valence-electron chi connectivity index (χ4n) is 3.60. The number of hydrogen-bond acceptors (Lipinski definition) is 7. The van der Waals surface area contributed by atoms with Crippen molar-refractivity contribution in [3.63, 3.8) is 0 Å². The van der Waals surface area contributed by atoms with Crippen LogP contribution in [0.25, 0.3) is 0 Å². The van der Waals surface area contributed by atoms with Crippen molar-refractivity contribution in [1.82, 2.24) is 15.1 Å². The number of morpholine rings is 1. The summed E-state index contributed by atoms with van der Waals surface area (Å²) in [6.45, 7) is 4.60. The standard InChI is InChI=1S/C19H23FN4O3S/c1-13-21-22-19(28-13)23-8-6-15(7-9-23)24-10-17(27-12-18(24)25)11-26-16-4-2-14(20)3-5-16/h2-5,15,17H,6-12H2,1H3. The minimum atomic E-state index is -0.298. The van der Waals surface area contributed by atoms with Crippen LogP contribution in [0.5, 0.6) is 5.75 Å². The number of rotatable bonds is 5. The Bertz CT molecular complexity index is 808. The van der Waals surface area contributed by atoms with E-state index in [9.17, 15) is 9.18 Å². The highest BCUT2D eigenvalue weighted by Gasteiger charge is 2.34. The van der Waals surface area contributed by atoms with Gasteiger partial charge in [0.05, 0.1) is 6.54 Å². The number of aromatic nitrogens is 2.